The largest absolute Gasteiger partial charge is 0.507 e. The zero-order chi connectivity index (χ0) is 30.3. The molecule has 2 aliphatic heterocycles. The fourth-order valence-corrected chi connectivity index (χ4v) is 5.60. The van der Waals surface area contributed by atoms with Crippen molar-refractivity contribution in [3.63, 3.8) is 0 Å². The molecule has 5 rings (SSSR count). The number of hydrogen-bond acceptors (Lipinski definition) is 8. The van der Waals surface area contributed by atoms with Gasteiger partial charge in [-0.25, -0.2) is 0 Å². The molecule has 43 heavy (non-hydrogen) atoms. The summed E-state index contributed by atoms with van der Waals surface area (Å²) in [6, 6.07) is 19.5. The smallest absolute Gasteiger partial charge is 0.295 e. The Morgan fingerprint density at radius 3 is 2.37 bits per heavy atom. The highest BCUT2D eigenvalue weighted by Crippen LogP contribution is 2.42. The summed E-state index contributed by atoms with van der Waals surface area (Å²) >= 11 is 0. The van der Waals surface area contributed by atoms with Crippen LogP contribution in [0.3, 0.4) is 0 Å². The zero-order valence-electron chi connectivity index (χ0n) is 24.9. The lowest BCUT2D eigenvalue weighted by atomic mass is 9.95. The highest BCUT2D eigenvalue weighted by molar-refractivity contribution is 6.46. The van der Waals surface area contributed by atoms with Gasteiger partial charge in [0.05, 0.1) is 39.0 Å². The monoisotopic (exact) mass is 586 g/mol. The first kappa shape index (κ1) is 30.1. The van der Waals surface area contributed by atoms with Crippen molar-refractivity contribution in [3.05, 3.63) is 94.6 Å². The molecule has 3 aromatic rings. The van der Waals surface area contributed by atoms with Crippen molar-refractivity contribution in [2.24, 2.45) is 0 Å². The molecular formula is C34H38N2O7. The Kier molecular flexibility index (Phi) is 9.64. The first-order chi connectivity index (χ1) is 20.9. The lowest BCUT2D eigenvalue weighted by molar-refractivity contribution is -0.140. The molecule has 9 heteroatoms. The normalized spacial score (nSPS) is 18.6. The average molecular weight is 587 g/mol. The summed E-state index contributed by atoms with van der Waals surface area (Å²) in [5, 5.41) is 11.5. The van der Waals surface area contributed by atoms with Crippen LogP contribution in [0.1, 0.15) is 34.7 Å². The molecule has 1 atom stereocenters. The minimum Gasteiger partial charge on any atom is -0.507 e. The van der Waals surface area contributed by atoms with Crippen LogP contribution in [0.25, 0.3) is 5.76 Å². The fraction of sp³-hybridized carbons (Fsp3) is 0.353. The van der Waals surface area contributed by atoms with Gasteiger partial charge in [0.1, 0.15) is 18.1 Å². The van der Waals surface area contributed by atoms with Gasteiger partial charge in [-0.3, -0.25) is 14.5 Å². The van der Waals surface area contributed by atoms with Gasteiger partial charge in [0, 0.05) is 31.7 Å². The summed E-state index contributed by atoms with van der Waals surface area (Å²) in [5.41, 5.74) is 3.30. The number of carbonyl (C=O) groups is 2. The van der Waals surface area contributed by atoms with Crippen LogP contribution in [0.4, 0.5) is 0 Å². The van der Waals surface area contributed by atoms with Gasteiger partial charge >= 0.3 is 0 Å². The number of morpholine rings is 1. The van der Waals surface area contributed by atoms with Gasteiger partial charge in [0.2, 0.25) is 0 Å². The third-order valence-electron chi connectivity index (χ3n) is 7.86. The third kappa shape index (κ3) is 6.84. The topological polar surface area (TPSA) is 97.8 Å². The zero-order valence-corrected chi connectivity index (χ0v) is 24.9. The molecule has 0 aromatic heterocycles. The van der Waals surface area contributed by atoms with E-state index in [0.717, 1.165) is 30.8 Å². The molecule has 0 bridgehead atoms. The summed E-state index contributed by atoms with van der Waals surface area (Å²) in [6.45, 7) is 6.60. The molecule has 0 spiro atoms. The highest BCUT2D eigenvalue weighted by Gasteiger charge is 2.46. The number of likely N-dealkylation sites (tertiary alicyclic amines) is 1. The van der Waals surface area contributed by atoms with E-state index >= 15 is 0 Å². The number of Topliss-reactive ketones (excluding diaryl/α,β-unsaturated/α-hetero) is 1. The van der Waals surface area contributed by atoms with Crippen molar-refractivity contribution in [1.29, 1.82) is 0 Å². The number of methoxy groups -OCH3 is 2. The van der Waals surface area contributed by atoms with Crippen LogP contribution in [-0.2, 0) is 20.9 Å². The van der Waals surface area contributed by atoms with E-state index < -0.39 is 17.7 Å². The average Bonchev–Trinajstić information content (AvgIpc) is 3.29. The van der Waals surface area contributed by atoms with E-state index in [1.807, 2.05) is 25.1 Å². The first-order valence-electron chi connectivity index (χ1n) is 14.5. The maximum absolute atomic E-state index is 13.5. The van der Waals surface area contributed by atoms with Crippen LogP contribution in [0.2, 0.25) is 0 Å². The van der Waals surface area contributed by atoms with Crippen LogP contribution in [0.15, 0.2) is 72.3 Å². The van der Waals surface area contributed by atoms with Crippen molar-refractivity contribution < 1.29 is 33.6 Å². The molecule has 1 amide bonds. The number of rotatable bonds is 11. The minimum absolute atomic E-state index is 0.0389. The summed E-state index contributed by atoms with van der Waals surface area (Å²) in [4.78, 5) is 30.7. The van der Waals surface area contributed by atoms with Gasteiger partial charge in [0.25, 0.3) is 11.7 Å². The van der Waals surface area contributed by atoms with Crippen LogP contribution in [0, 0.1) is 6.92 Å². The highest BCUT2D eigenvalue weighted by atomic mass is 16.5. The van der Waals surface area contributed by atoms with E-state index in [0.29, 0.717) is 61.2 Å². The molecular weight excluding hydrogens is 548 g/mol. The Morgan fingerprint density at radius 1 is 0.930 bits per heavy atom. The summed E-state index contributed by atoms with van der Waals surface area (Å²) in [7, 11) is 3.08. The van der Waals surface area contributed by atoms with Crippen molar-refractivity contribution >= 4 is 17.4 Å². The second-order valence-corrected chi connectivity index (χ2v) is 10.7. The van der Waals surface area contributed by atoms with Gasteiger partial charge in [-0.1, -0.05) is 35.9 Å². The van der Waals surface area contributed by atoms with E-state index in [4.69, 9.17) is 18.9 Å². The Balaban J connectivity index is 1.43. The molecule has 2 heterocycles. The van der Waals surface area contributed by atoms with E-state index in [1.165, 1.54) is 7.11 Å². The van der Waals surface area contributed by atoms with E-state index in [9.17, 15) is 14.7 Å². The van der Waals surface area contributed by atoms with Gasteiger partial charge in [-0.2, -0.15) is 0 Å². The number of ether oxygens (including phenoxy) is 4. The quantitative estimate of drug-likeness (QED) is 0.196. The van der Waals surface area contributed by atoms with E-state index in [-0.39, 0.29) is 11.3 Å². The van der Waals surface area contributed by atoms with Gasteiger partial charge < -0.3 is 29.0 Å². The number of aryl methyl sites for hydroxylation is 1. The molecule has 9 nitrogen and oxygen atoms in total. The van der Waals surface area contributed by atoms with Crippen LogP contribution < -0.4 is 14.2 Å². The van der Waals surface area contributed by atoms with Gasteiger partial charge in [-0.05, 0) is 60.9 Å². The molecule has 1 N–H and O–H groups in total. The molecule has 2 saturated heterocycles. The number of aliphatic hydroxyl groups excluding tert-OH is 1. The van der Waals surface area contributed by atoms with Crippen molar-refractivity contribution in [2.75, 3.05) is 53.6 Å². The fourth-order valence-electron chi connectivity index (χ4n) is 5.60. The molecule has 1 unspecified atom stereocenters. The predicted molar refractivity (Wildman–Crippen MR) is 162 cm³/mol. The number of ketones is 1. The molecule has 3 aromatic carbocycles. The lowest BCUT2D eigenvalue weighted by Crippen LogP contribution is -2.38. The maximum Gasteiger partial charge on any atom is 0.295 e. The number of aliphatic hydroxyl groups is 1. The number of hydrogen-bond donors (Lipinski definition) is 1. The van der Waals surface area contributed by atoms with Crippen LogP contribution >= 0.6 is 0 Å². The standard InChI is InChI=1S/C34H38N2O7/c1-23-6-4-7-24(20-23)22-43-27-11-8-25(9-12-27)32(37)30-31(26-10-13-28(40-2)29(21-26)41-3)36(34(39)33(30)38)15-5-14-35-16-18-42-19-17-35/h4,6-13,20-21,31,37H,5,14-19,22H2,1-3H3/b32-30+. The van der Waals surface area contributed by atoms with Gasteiger partial charge in [0.15, 0.2) is 11.5 Å². The van der Waals surface area contributed by atoms with Crippen molar-refractivity contribution in [3.8, 4) is 17.2 Å². The van der Waals surface area contributed by atoms with E-state index in [1.54, 1.807) is 54.5 Å². The number of amides is 1. The Morgan fingerprint density at radius 2 is 1.67 bits per heavy atom. The second kappa shape index (κ2) is 13.8. The second-order valence-electron chi connectivity index (χ2n) is 10.7. The Labute approximate surface area is 252 Å². The van der Waals surface area contributed by atoms with Crippen molar-refractivity contribution in [2.45, 2.75) is 26.0 Å². The SMILES string of the molecule is COc1ccc(C2/C(=C(\O)c3ccc(OCc4cccc(C)c4)cc3)C(=O)C(=O)N2CCCN2CCOCC2)cc1OC. The van der Waals surface area contributed by atoms with Crippen LogP contribution in [-0.4, -0.2) is 80.2 Å². The van der Waals surface area contributed by atoms with Gasteiger partial charge in [-0.15, -0.1) is 0 Å². The molecule has 2 fully saturated rings. The lowest BCUT2D eigenvalue weighted by Gasteiger charge is -2.29. The Bertz CT molecular complexity index is 1480. The van der Waals surface area contributed by atoms with E-state index in [2.05, 4.69) is 11.0 Å². The van der Waals surface area contributed by atoms with Crippen LogP contribution in [0.5, 0.6) is 17.2 Å². The third-order valence-corrected chi connectivity index (χ3v) is 7.86. The number of carbonyl (C=O) groups excluding carboxylic acids is 2. The summed E-state index contributed by atoms with van der Waals surface area (Å²) in [5.74, 6) is 0.0211. The predicted octanol–water partition coefficient (Wildman–Crippen LogP) is 4.74. The molecule has 0 radical (unpaired) electrons. The molecule has 0 saturated carbocycles. The Hall–Kier alpha value is -4.34. The maximum atomic E-state index is 13.5. The summed E-state index contributed by atoms with van der Waals surface area (Å²) in [6.07, 6.45) is 0.670. The number of nitrogens with zero attached hydrogens (tertiary/aromatic N) is 2. The summed E-state index contributed by atoms with van der Waals surface area (Å²) < 4.78 is 22.3. The molecule has 0 aliphatic carbocycles. The minimum atomic E-state index is -0.790. The van der Waals surface area contributed by atoms with Crippen molar-refractivity contribution in [1.82, 2.24) is 9.80 Å². The molecule has 226 valence electrons. The first-order valence-corrected chi connectivity index (χ1v) is 14.5. The number of benzene rings is 3. The molecule has 2 aliphatic rings.